The highest BCUT2D eigenvalue weighted by atomic mass is 32.2. The highest BCUT2D eigenvalue weighted by molar-refractivity contribution is 7.99. The average Bonchev–Trinajstić information content (AvgIpc) is 2.61. The number of nitrogens with zero attached hydrogens (tertiary/aromatic N) is 2. The molecule has 3 heteroatoms. The Morgan fingerprint density at radius 1 is 0.792 bits per heavy atom. The maximum Gasteiger partial charge on any atom is 0.0552 e. The standard InChI is InChI=1S/C21H28N2S/c1-3-14-22(15-4-2)16-9-17-23-18-10-5-7-12-20(18)24-21-13-8-6-11-19(21)23/h5-8,10-13H,3-4,9,14-17H2,1-2H3. The summed E-state index contributed by atoms with van der Waals surface area (Å²) in [6.45, 7) is 9.26. The van der Waals surface area contributed by atoms with E-state index < -0.39 is 0 Å². The molecule has 0 spiro atoms. The molecule has 2 aromatic rings. The van der Waals surface area contributed by atoms with Crippen LogP contribution in [0.3, 0.4) is 0 Å². The molecule has 1 heterocycles. The van der Waals surface area contributed by atoms with Crippen molar-refractivity contribution in [2.24, 2.45) is 0 Å². The maximum atomic E-state index is 2.61. The molecule has 1 aliphatic heterocycles. The molecule has 0 saturated heterocycles. The Bertz CT molecular complexity index is 604. The van der Waals surface area contributed by atoms with E-state index in [0.717, 1.165) is 6.54 Å². The second kappa shape index (κ2) is 8.59. The zero-order chi connectivity index (χ0) is 16.8. The van der Waals surface area contributed by atoms with E-state index in [2.05, 4.69) is 72.2 Å². The van der Waals surface area contributed by atoms with Crippen LogP contribution in [0.25, 0.3) is 0 Å². The molecule has 2 nitrogen and oxygen atoms in total. The van der Waals surface area contributed by atoms with Crippen LogP contribution in [-0.2, 0) is 0 Å². The molecule has 0 radical (unpaired) electrons. The van der Waals surface area contributed by atoms with Gasteiger partial charge in [0.25, 0.3) is 0 Å². The molecule has 0 fully saturated rings. The second-order valence-electron chi connectivity index (χ2n) is 6.38. The van der Waals surface area contributed by atoms with Gasteiger partial charge in [-0.1, -0.05) is 49.9 Å². The first-order valence-electron chi connectivity index (χ1n) is 9.19. The Morgan fingerprint density at radius 2 is 1.33 bits per heavy atom. The smallest absolute Gasteiger partial charge is 0.0552 e. The summed E-state index contributed by atoms with van der Waals surface area (Å²) >= 11 is 1.89. The van der Waals surface area contributed by atoms with E-state index in [-0.39, 0.29) is 0 Å². The van der Waals surface area contributed by atoms with Gasteiger partial charge in [-0.05, 0) is 63.2 Å². The van der Waals surface area contributed by atoms with Crippen molar-refractivity contribution in [2.75, 3.05) is 31.1 Å². The minimum Gasteiger partial charge on any atom is -0.340 e. The van der Waals surface area contributed by atoms with Crippen LogP contribution in [-0.4, -0.2) is 31.1 Å². The molecule has 128 valence electrons. The fourth-order valence-electron chi connectivity index (χ4n) is 3.44. The molecule has 0 saturated carbocycles. The summed E-state index contributed by atoms with van der Waals surface area (Å²) in [6, 6.07) is 17.6. The van der Waals surface area contributed by atoms with Crippen molar-refractivity contribution in [3.05, 3.63) is 48.5 Å². The Morgan fingerprint density at radius 3 is 1.88 bits per heavy atom. The predicted molar refractivity (Wildman–Crippen MR) is 106 cm³/mol. The van der Waals surface area contributed by atoms with E-state index in [0.29, 0.717) is 0 Å². The lowest BCUT2D eigenvalue weighted by molar-refractivity contribution is 0.273. The molecular weight excluding hydrogens is 312 g/mol. The minimum atomic E-state index is 1.08. The molecule has 3 rings (SSSR count). The lowest BCUT2D eigenvalue weighted by atomic mass is 10.2. The zero-order valence-electron chi connectivity index (χ0n) is 14.9. The molecule has 0 aliphatic carbocycles. The van der Waals surface area contributed by atoms with Gasteiger partial charge < -0.3 is 9.80 Å². The first-order chi connectivity index (χ1) is 11.8. The summed E-state index contributed by atoms with van der Waals surface area (Å²) in [4.78, 5) is 7.86. The number of hydrogen-bond donors (Lipinski definition) is 0. The second-order valence-corrected chi connectivity index (χ2v) is 7.47. The quantitative estimate of drug-likeness (QED) is 0.599. The van der Waals surface area contributed by atoms with Crippen LogP contribution >= 0.6 is 11.8 Å². The Kier molecular flexibility index (Phi) is 6.22. The molecule has 0 bridgehead atoms. The van der Waals surface area contributed by atoms with Gasteiger partial charge in [-0.15, -0.1) is 0 Å². The molecule has 0 amide bonds. The van der Waals surface area contributed by atoms with Gasteiger partial charge in [0.15, 0.2) is 0 Å². The van der Waals surface area contributed by atoms with Crippen LogP contribution in [0.1, 0.15) is 33.1 Å². The van der Waals surface area contributed by atoms with Crippen LogP contribution < -0.4 is 4.90 Å². The average molecular weight is 341 g/mol. The van der Waals surface area contributed by atoms with E-state index in [9.17, 15) is 0 Å². The third-order valence-electron chi connectivity index (χ3n) is 4.47. The summed E-state index contributed by atoms with van der Waals surface area (Å²) < 4.78 is 0. The van der Waals surface area contributed by atoms with Crippen LogP contribution in [0.5, 0.6) is 0 Å². The zero-order valence-corrected chi connectivity index (χ0v) is 15.7. The number of fused-ring (bicyclic) bond motifs is 2. The van der Waals surface area contributed by atoms with Gasteiger partial charge in [-0.25, -0.2) is 0 Å². The van der Waals surface area contributed by atoms with Gasteiger partial charge in [0, 0.05) is 16.3 Å². The summed E-state index contributed by atoms with van der Waals surface area (Å²) in [5, 5.41) is 0. The van der Waals surface area contributed by atoms with Crippen molar-refractivity contribution in [2.45, 2.75) is 42.9 Å². The van der Waals surface area contributed by atoms with Crippen molar-refractivity contribution >= 4 is 23.1 Å². The Hall–Kier alpha value is -1.45. The van der Waals surface area contributed by atoms with E-state index in [1.165, 1.54) is 60.1 Å². The third-order valence-corrected chi connectivity index (χ3v) is 5.60. The molecule has 0 aromatic heterocycles. The summed E-state index contributed by atoms with van der Waals surface area (Å²) in [5.41, 5.74) is 2.72. The third kappa shape index (κ3) is 3.96. The molecule has 0 unspecified atom stereocenters. The fraction of sp³-hybridized carbons (Fsp3) is 0.429. The van der Waals surface area contributed by atoms with Gasteiger partial charge >= 0.3 is 0 Å². The van der Waals surface area contributed by atoms with Crippen LogP contribution in [0.4, 0.5) is 11.4 Å². The topological polar surface area (TPSA) is 6.48 Å². The number of para-hydroxylation sites is 2. The SMILES string of the molecule is CCCN(CCC)CCCN1c2ccccc2Sc2ccccc21. The van der Waals surface area contributed by atoms with Crippen molar-refractivity contribution in [1.29, 1.82) is 0 Å². The van der Waals surface area contributed by atoms with Crippen LogP contribution in [0.2, 0.25) is 0 Å². The number of rotatable bonds is 8. The number of hydrogen-bond acceptors (Lipinski definition) is 3. The number of anilines is 2. The van der Waals surface area contributed by atoms with Crippen molar-refractivity contribution in [3.63, 3.8) is 0 Å². The first-order valence-corrected chi connectivity index (χ1v) is 10.0. The van der Waals surface area contributed by atoms with Gasteiger partial charge in [0.05, 0.1) is 11.4 Å². The van der Waals surface area contributed by atoms with Gasteiger partial charge in [-0.2, -0.15) is 0 Å². The Labute approximate surface area is 150 Å². The predicted octanol–water partition coefficient (Wildman–Crippen LogP) is 5.80. The van der Waals surface area contributed by atoms with E-state index in [1.807, 2.05) is 11.8 Å². The van der Waals surface area contributed by atoms with E-state index >= 15 is 0 Å². The fourth-order valence-corrected chi connectivity index (χ4v) is 4.54. The van der Waals surface area contributed by atoms with E-state index in [1.54, 1.807) is 0 Å². The van der Waals surface area contributed by atoms with Gasteiger partial charge in [0.1, 0.15) is 0 Å². The van der Waals surface area contributed by atoms with Gasteiger partial charge in [-0.3, -0.25) is 0 Å². The molecule has 0 atom stereocenters. The number of benzene rings is 2. The molecular formula is C21H28N2S. The molecule has 2 aromatic carbocycles. The van der Waals surface area contributed by atoms with Crippen molar-refractivity contribution < 1.29 is 0 Å². The van der Waals surface area contributed by atoms with Crippen molar-refractivity contribution in [1.82, 2.24) is 4.90 Å². The van der Waals surface area contributed by atoms with E-state index in [4.69, 9.17) is 0 Å². The highest BCUT2D eigenvalue weighted by Gasteiger charge is 2.22. The van der Waals surface area contributed by atoms with Crippen LogP contribution in [0.15, 0.2) is 58.3 Å². The lowest BCUT2D eigenvalue weighted by Gasteiger charge is -2.33. The lowest BCUT2D eigenvalue weighted by Crippen LogP contribution is -2.30. The monoisotopic (exact) mass is 340 g/mol. The summed E-state index contributed by atoms with van der Waals surface area (Å²) in [7, 11) is 0. The normalized spacial score (nSPS) is 13.0. The first kappa shape index (κ1) is 17.4. The minimum absolute atomic E-state index is 1.08. The van der Waals surface area contributed by atoms with Crippen molar-refractivity contribution in [3.8, 4) is 0 Å². The molecule has 1 aliphatic rings. The molecule has 24 heavy (non-hydrogen) atoms. The largest absolute Gasteiger partial charge is 0.340 e. The summed E-state index contributed by atoms with van der Waals surface area (Å²) in [6.07, 6.45) is 3.69. The van der Waals surface area contributed by atoms with Crippen LogP contribution in [0, 0.1) is 0 Å². The summed E-state index contributed by atoms with van der Waals surface area (Å²) in [5.74, 6) is 0. The van der Waals surface area contributed by atoms with Gasteiger partial charge in [0.2, 0.25) is 0 Å². The Balaban J connectivity index is 1.73. The maximum absolute atomic E-state index is 2.61. The molecule has 0 N–H and O–H groups in total. The highest BCUT2D eigenvalue weighted by Crippen LogP contribution is 2.47.